The first-order valence-corrected chi connectivity index (χ1v) is 21.8. The van der Waals surface area contributed by atoms with E-state index in [-0.39, 0.29) is 38.8 Å². The van der Waals surface area contributed by atoms with Gasteiger partial charge in [0.15, 0.2) is 0 Å². The quantitative estimate of drug-likeness (QED) is 0.121. The van der Waals surface area contributed by atoms with E-state index in [4.69, 9.17) is 18.7 Å². The predicted molar refractivity (Wildman–Crippen MR) is 268 cm³/mol. The Bertz CT molecular complexity index is 4130. The normalized spacial score (nSPS) is 15.3. The first-order chi connectivity index (χ1) is 35.8. The maximum absolute atomic E-state index is 9.12. The molecule has 0 fully saturated rings. The molecule has 0 spiro atoms. The van der Waals surface area contributed by atoms with Gasteiger partial charge in [-0.3, -0.25) is 13.7 Å². The number of nitrogens with zero attached hydrogens (tertiary/aromatic N) is 4. The monoisotopic (exact) mass is 846 g/mol. The van der Waals surface area contributed by atoms with Gasteiger partial charge in [-0.25, -0.2) is 4.98 Å². The zero-order valence-corrected chi connectivity index (χ0v) is 36.6. The van der Waals surface area contributed by atoms with Gasteiger partial charge in [-0.1, -0.05) is 192 Å². The van der Waals surface area contributed by atoms with E-state index in [2.05, 4.69) is 137 Å². The molecule has 8 aromatic carbocycles. The van der Waals surface area contributed by atoms with Gasteiger partial charge in [0.1, 0.15) is 5.82 Å². The summed E-state index contributed by atoms with van der Waals surface area (Å²) < 4.78 is 93.8. The molecule has 0 unspecified atom stereocenters. The molecule has 4 nitrogen and oxygen atoms in total. The average Bonchev–Trinajstić information content (AvgIpc) is 4.04. The standard InChI is InChI=1S/C61H48N4/c1-60(2,3)43-34-35-62-57(37-43)65-53-27-13-12-22-48(53)49-32-30-42(36-56(49)65)45-23-17-26-52-58(45)50-38-44(31-33-51(50)61(52,4)5)63-39-64(55-29-15-14-28-54(55)63)59-46(40-18-8-6-9-19-40)24-16-25-47(59)41-20-10-7-11-21-41/h6-38H,1-5H3/i6D,7D,8D,9D,10D,11D,18D,19D,20D,21D. The van der Waals surface area contributed by atoms with Crippen LogP contribution in [0.3, 0.4) is 0 Å². The van der Waals surface area contributed by atoms with Crippen molar-refractivity contribution in [1.82, 2.24) is 14.1 Å². The lowest BCUT2D eigenvalue weighted by Crippen LogP contribution is -2.31. The van der Waals surface area contributed by atoms with Crippen molar-refractivity contribution in [2.45, 2.75) is 45.4 Å². The molecule has 312 valence electrons. The molecule has 0 saturated heterocycles. The SMILES string of the molecule is [2H]c1c([2H])c([2H])c(-c2cccc(-c3c([2H])c([2H])c([2H])c([2H])c3[2H])c2-[n+]2[c-]n(-c3ccc4c(c3)-c3c(-c5ccc6c7ccccc7n(-c7cc(C(C)(C)C)ccn7)c6c5)cccc3C4(C)C)c3ccccc32)c([2H])c1[2H]. The Morgan fingerprint density at radius 1 is 0.569 bits per heavy atom. The number of rotatable bonds is 6. The van der Waals surface area contributed by atoms with Gasteiger partial charge in [-0.15, -0.1) is 0 Å². The first kappa shape index (κ1) is 29.5. The topological polar surface area (TPSA) is 26.6 Å². The van der Waals surface area contributed by atoms with Crippen molar-refractivity contribution < 1.29 is 18.3 Å². The van der Waals surface area contributed by atoms with Gasteiger partial charge in [-0.2, -0.15) is 0 Å². The highest BCUT2D eigenvalue weighted by Crippen LogP contribution is 2.53. The largest absolute Gasteiger partial charge is 0.294 e. The lowest BCUT2D eigenvalue weighted by Gasteiger charge is -2.22. The molecular weight excluding hydrogens is 789 g/mol. The van der Waals surface area contributed by atoms with Gasteiger partial charge in [0.2, 0.25) is 0 Å². The molecule has 0 N–H and O–H groups in total. The minimum absolute atomic E-state index is 0.0774. The zero-order valence-electron chi connectivity index (χ0n) is 46.6. The van der Waals surface area contributed by atoms with Crippen LogP contribution in [-0.4, -0.2) is 14.1 Å². The van der Waals surface area contributed by atoms with Crippen LogP contribution in [0.5, 0.6) is 0 Å². The molecule has 12 rings (SSSR count). The Morgan fingerprint density at radius 2 is 1.23 bits per heavy atom. The Balaban J connectivity index is 1.09. The van der Waals surface area contributed by atoms with Crippen molar-refractivity contribution in [1.29, 1.82) is 0 Å². The van der Waals surface area contributed by atoms with Crippen LogP contribution in [0.1, 0.15) is 65.0 Å². The fourth-order valence-corrected chi connectivity index (χ4v) is 9.94. The maximum atomic E-state index is 9.12. The summed E-state index contributed by atoms with van der Waals surface area (Å²) in [5.41, 5.74) is 11.9. The Kier molecular flexibility index (Phi) is 6.64. The highest BCUT2D eigenvalue weighted by Gasteiger charge is 2.37. The second-order valence-corrected chi connectivity index (χ2v) is 18.3. The predicted octanol–water partition coefficient (Wildman–Crippen LogP) is 14.8. The van der Waals surface area contributed by atoms with Crippen LogP contribution in [0.4, 0.5) is 0 Å². The van der Waals surface area contributed by atoms with E-state index in [1.54, 1.807) is 22.8 Å². The molecule has 1 aliphatic carbocycles. The van der Waals surface area contributed by atoms with E-state index in [9.17, 15) is 0 Å². The number of aromatic nitrogens is 4. The van der Waals surface area contributed by atoms with E-state index < -0.39 is 60.4 Å². The minimum Gasteiger partial charge on any atom is -0.294 e. The van der Waals surface area contributed by atoms with E-state index in [1.807, 2.05) is 35.0 Å². The summed E-state index contributed by atoms with van der Waals surface area (Å²) in [7, 11) is 0. The van der Waals surface area contributed by atoms with Gasteiger partial charge in [-0.05, 0) is 103 Å². The van der Waals surface area contributed by atoms with E-state index in [0.717, 1.165) is 61.1 Å². The van der Waals surface area contributed by atoms with Crippen molar-refractivity contribution in [2.24, 2.45) is 0 Å². The highest BCUT2D eigenvalue weighted by atomic mass is 15.1. The number of pyridine rings is 1. The summed E-state index contributed by atoms with van der Waals surface area (Å²) >= 11 is 0. The summed E-state index contributed by atoms with van der Waals surface area (Å²) in [5, 5.41) is 2.26. The van der Waals surface area contributed by atoms with E-state index >= 15 is 0 Å². The third-order valence-corrected chi connectivity index (χ3v) is 13.1. The van der Waals surface area contributed by atoms with Crippen LogP contribution in [-0.2, 0) is 10.8 Å². The van der Waals surface area contributed by atoms with Crippen molar-refractivity contribution in [2.75, 3.05) is 0 Å². The Morgan fingerprint density at radius 3 is 1.97 bits per heavy atom. The van der Waals surface area contributed by atoms with Crippen molar-refractivity contribution in [3.05, 3.63) is 223 Å². The van der Waals surface area contributed by atoms with Crippen molar-refractivity contribution >= 4 is 32.8 Å². The van der Waals surface area contributed by atoms with Crippen LogP contribution in [0.2, 0.25) is 0 Å². The molecule has 65 heavy (non-hydrogen) atoms. The smallest absolute Gasteiger partial charge is 0.269 e. The molecule has 3 aromatic heterocycles. The van der Waals surface area contributed by atoms with E-state index in [0.29, 0.717) is 11.0 Å². The fraction of sp³-hybridized carbons (Fsp3) is 0.115. The van der Waals surface area contributed by atoms with Crippen LogP contribution in [0.15, 0.2) is 200 Å². The number of benzene rings is 8. The molecule has 3 heterocycles. The molecule has 0 amide bonds. The Hall–Kier alpha value is -7.82. The lowest BCUT2D eigenvalue weighted by atomic mass is 9.82. The van der Waals surface area contributed by atoms with Gasteiger partial charge < -0.3 is 0 Å². The summed E-state index contributed by atoms with van der Waals surface area (Å²) in [4.78, 5) is 4.94. The Labute approximate surface area is 394 Å². The molecule has 0 aliphatic heterocycles. The summed E-state index contributed by atoms with van der Waals surface area (Å²) in [6.45, 7) is 11.1. The molecular formula is C61H48N4. The molecule has 0 atom stereocenters. The second kappa shape index (κ2) is 14.6. The molecule has 0 bridgehead atoms. The van der Waals surface area contributed by atoms with Crippen LogP contribution in [0.25, 0.3) is 94.5 Å². The van der Waals surface area contributed by atoms with Crippen LogP contribution >= 0.6 is 0 Å². The van der Waals surface area contributed by atoms with Gasteiger partial charge in [0.25, 0.3) is 6.33 Å². The molecule has 0 radical (unpaired) electrons. The van der Waals surface area contributed by atoms with Crippen molar-refractivity contribution in [3.8, 4) is 61.7 Å². The van der Waals surface area contributed by atoms with Crippen molar-refractivity contribution in [3.63, 3.8) is 0 Å². The van der Waals surface area contributed by atoms with Crippen LogP contribution < -0.4 is 4.57 Å². The van der Waals surface area contributed by atoms with E-state index in [1.165, 1.54) is 11.1 Å². The third kappa shape index (κ3) is 6.12. The number of hydrogen-bond acceptors (Lipinski definition) is 1. The number of hydrogen-bond donors (Lipinski definition) is 0. The average molecular weight is 847 g/mol. The summed E-state index contributed by atoms with van der Waals surface area (Å²) in [6.07, 6.45) is 5.47. The molecule has 0 saturated carbocycles. The molecule has 11 aromatic rings. The number of fused-ring (bicyclic) bond motifs is 7. The highest BCUT2D eigenvalue weighted by molar-refractivity contribution is 6.10. The van der Waals surface area contributed by atoms with Crippen LogP contribution in [0, 0.1) is 6.33 Å². The van der Waals surface area contributed by atoms with Gasteiger partial charge in [0.05, 0.1) is 47.1 Å². The molecule has 4 heteroatoms. The fourth-order valence-electron chi connectivity index (χ4n) is 9.94. The lowest BCUT2D eigenvalue weighted by molar-refractivity contribution is -0.571. The maximum Gasteiger partial charge on any atom is 0.269 e. The summed E-state index contributed by atoms with van der Waals surface area (Å²) in [5.74, 6) is 0.851. The number of imidazole rings is 1. The zero-order chi connectivity index (χ0) is 52.7. The third-order valence-electron chi connectivity index (χ3n) is 13.1. The second-order valence-electron chi connectivity index (χ2n) is 18.3. The summed E-state index contributed by atoms with van der Waals surface area (Å²) in [6, 6.07) is 39.7. The first-order valence-electron chi connectivity index (χ1n) is 26.8. The van der Waals surface area contributed by atoms with Gasteiger partial charge >= 0.3 is 0 Å². The van der Waals surface area contributed by atoms with Gasteiger partial charge in [0, 0.05) is 22.4 Å². The minimum atomic E-state index is -0.555. The number of para-hydroxylation sites is 4. The molecule has 1 aliphatic rings.